The first-order valence-electron chi connectivity index (χ1n) is 7.62. The van der Waals surface area contributed by atoms with Crippen LogP contribution in [0.3, 0.4) is 0 Å². The van der Waals surface area contributed by atoms with Crippen molar-refractivity contribution in [3.8, 4) is 0 Å². The van der Waals surface area contributed by atoms with Crippen LogP contribution in [0.15, 0.2) is 42.5 Å². The Morgan fingerprint density at radius 3 is 2.41 bits per heavy atom. The molecule has 2 nitrogen and oxygen atoms in total. The van der Waals surface area contributed by atoms with Gasteiger partial charge in [0, 0.05) is 11.6 Å². The molecule has 1 N–H and O–H groups in total. The lowest BCUT2D eigenvalue weighted by molar-refractivity contribution is -0.123. The van der Waals surface area contributed by atoms with Gasteiger partial charge in [-0.25, -0.2) is 0 Å². The molecule has 0 atom stereocenters. The van der Waals surface area contributed by atoms with E-state index in [0.29, 0.717) is 11.6 Å². The second-order valence-corrected chi connectivity index (χ2v) is 6.64. The lowest BCUT2D eigenvalue weighted by atomic mass is 9.95. The minimum Gasteiger partial charge on any atom is -0.351 e. The van der Waals surface area contributed by atoms with Crippen LogP contribution in [0.4, 0.5) is 0 Å². The Morgan fingerprint density at radius 1 is 1.14 bits per heavy atom. The van der Waals surface area contributed by atoms with Crippen molar-refractivity contribution in [2.24, 2.45) is 0 Å². The minimum absolute atomic E-state index is 0.120. The van der Waals surface area contributed by atoms with E-state index in [1.54, 1.807) is 0 Å². The van der Waals surface area contributed by atoms with E-state index in [9.17, 15) is 4.79 Å². The third kappa shape index (κ3) is 2.89. The number of benzene rings is 2. The molecule has 0 bridgehead atoms. The number of hydrogen-bond donors (Lipinski definition) is 1. The highest BCUT2D eigenvalue weighted by atomic mass is 35.5. The highest BCUT2D eigenvalue weighted by molar-refractivity contribution is 6.30. The standard InChI is InChI=1S/C19H20ClNO/c1-13-3-4-15(14(2)11-13)12-21-18(22)19(9-10-19)16-5-7-17(20)8-6-16/h3-8,11H,9-10,12H2,1-2H3,(H,21,22). The fraction of sp³-hybridized carbons (Fsp3) is 0.316. The zero-order chi connectivity index (χ0) is 15.7. The Hall–Kier alpha value is -1.80. The summed E-state index contributed by atoms with van der Waals surface area (Å²) in [5.74, 6) is 0.120. The Balaban J connectivity index is 1.70. The Kier molecular flexibility index (Phi) is 3.96. The van der Waals surface area contributed by atoms with Crippen LogP contribution in [0, 0.1) is 13.8 Å². The number of carbonyl (C=O) groups excluding carboxylic acids is 1. The van der Waals surface area contributed by atoms with E-state index >= 15 is 0 Å². The molecule has 22 heavy (non-hydrogen) atoms. The van der Waals surface area contributed by atoms with Gasteiger partial charge >= 0.3 is 0 Å². The van der Waals surface area contributed by atoms with Crippen molar-refractivity contribution in [3.63, 3.8) is 0 Å². The van der Waals surface area contributed by atoms with Crippen molar-refractivity contribution >= 4 is 17.5 Å². The molecule has 1 aliphatic carbocycles. The molecule has 3 heteroatoms. The molecular weight excluding hydrogens is 294 g/mol. The van der Waals surface area contributed by atoms with Crippen LogP contribution in [0.5, 0.6) is 0 Å². The highest BCUT2D eigenvalue weighted by Crippen LogP contribution is 2.48. The number of nitrogens with one attached hydrogen (secondary N) is 1. The van der Waals surface area contributed by atoms with Gasteiger partial charge in [-0.1, -0.05) is 47.5 Å². The van der Waals surface area contributed by atoms with Gasteiger partial charge in [0.05, 0.1) is 5.41 Å². The molecule has 3 rings (SSSR count). The molecule has 0 spiro atoms. The van der Waals surface area contributed by atoms with Gasteiger partial charge in [0.15, 0.2) is 0 Å². The molecule has 0 saturated heterocycles. The zero-order valence-electron chi connectivity index (χ0n) is 12.9. The number of hydrogen-bond acceptors (Lipinski definition) is 1. The zero-order valence-corrected chi connectivity index (χ0v) is 13.7. The van der Waals surface area contributed by atoms with Gasteiger partial charge < -0.3 is 5.32 Å². The number of aryl methyl sites for hydroxylation is 2. The smallest absolute Gasteiger partial charge is 0.230 e. The molecule has 1 fully saturated rings. The summed E-state index contributed by atoms with van der Waals surface area (Å²) in [5.41, 5.74) is 4.35. The van der Waals surface area contributed by atoms with Gasteiger partial charge in [-0.05, 0) is 55.5 Å². The number of amides is 1. The second kappa shape index (κ2) is 5.77. The molecule has 0 unspecified atom stereocenters. The van der Waals surface area contributed by atoms with E-state index in [-0.39, 0.29) is 11.3 Å². The summed E-state index contributed by atoms with van der Waals surface area (Å²) in [6.45, 7) is 4.75. The first kappa shape index (κ1) is 15.1. The molecule has 1 saturated carbocycles. The van der Waals surface area contributed by atoms with Crippen molar-refractivity contribution in [2.75, 3.05) is 0 Å². The molecule has 1 aliphatic rings. The number of halogens is 1. The summed E-state index contributed by atoms with van der Waals surface area (Å²) in [7, 11) is 0. The molecule has 0 heterocycles. The van der Waals surface area contributed by atoms with E-state index < -0.39 is 0 Å². The third-order valence-corrected chi connectivity index (χ3v) is 4.77. The van der Waals surface area contributed by atoms with Gasteiger partial charge in [0.2, 0.25) is 5.91 Å². The summed E-state index contributed by atoms with van der Waals surface area (Å²) in [5, 5.41) is 3.81. The Bertz CT molecular complexity index is 702. The van der Waals surface area contributed by atoms with Crippen LogP contribution in [-0.4, -0.2) is 5.91 Å². The molecule has 114 valence electrons. The monoisotopic (exact) mass is 313 g/mol. The molecule has 2 aromatic carbocycles. The van der Waals surface area contributed by atoms with Crippen molar-refractivity contribution in [1.29, 1.82) is 0 Å². The summed E-state index contributed by atoms with van der Waals surface area (Å²) < 4.78 is 0. The van der Waals surface area contributed by atoms with E-state index in [2.05, 4.69) is 37.4 Å². The molecule has 2 aromatic rings. The van der Waals surface area contributed by atoms with Crippen molar-refractivity contribution in [2.45, 2.75) is 38.6 Å². The number of rotatable bonds is 4. The van der Waals surface area contributed by atoms with Gasteiger partial charge in [0.1, 0.15) is 0 Å². The van der Waals surface area contributed by atoms with Gasteiger partial charge in [-0.3, -0.25) is 4.79 Å². The second-order valence-electron chi connectivity index (χ2n) is 6.20. The maximum Gasteiger partial charge on any atom is 0.230 e. The van der Waals surface area contributed by atoms with Crippen LogP contribution in [0.2, 0.25) is 5.02 Å². The van der Waals surface area contributed by atoms with E-state index in [0.717, 1.165) is 18.4 Å². The molecule has 0 radical (unpaired) electrons. The summed E-state index contributed by atoms with van der Waals surface area (Å²) >= 11 is 5.93. The summed E-state index contributed by atoms with van der Waals surface area (Å²) in [6, 6.07) is 14.0. The molecule has 0 aromatic heterocycles. The lowest BCUT2D eigenvalue weighted by Crippen LogP contribution is -2.34. The maximum absolute atomic E-state index is 12.6. The minimum atomic E-state index is -0.344. The van der Waals surface area contributed by atoms with E-state index in [4.69, 9.17) is 11.6 Å². The predicted molar refractivity (Wildman–Crippen MR) is 90.1 cm³/mol. The van der Waals surface area contributed by atoms with Crippen molar-refractivity contribution in [3.05, 3.63) is 69.7 Å². The van der Waals surface area contributed by atoms with Crippen molar-refractivity contribution in [1.82, 2.24) is 5.32 Å². The third-order valence-electron chi connectivity index (χ3n) is 4.52. The fourth-order valence-electron chi connectivity index (χ4n) is 2.93. The van der Waals surface area contributed by atoms with E-state index in [1.165, 1.54) is 16.7 Å². The van der Waals surface area contributed by atoms with Crippen LogP contribution in [-0.2, 0) is 16.8 Å². The van der Waals surface area contributed by atoms with Gasteiger partial charge in [-0.15, -0.1) is 0 Å². The molecule has 1 amide bonds. The van der Waals surface area contributed by atoms with Crippen LogP contribution < -0.4 is 5.32 Å². The largest absolute Gasteiger partial charge is 0.351 e. The molecule has 0 aliphatic heterocycles. The average molecular weight is 314 g/mol. The van der Waals surface area contributed by atoms with Crippen LogP contribution in [0.25, 0.3) is 0 Å². The molecular formula is C19H20ClNO. The summed E-state index contributed by atoms with van der Waals surface area (Å²) in [6.07, 6.45) is 1.82. The highest BCUT2D eigenvalue weighted by Gasteiger charge is 2.51. The van der Waals surface area contributed by atoms with Crippen LogP contribution in [0.1, 0.15) is 35.1 Å². The topological polar surface area (TPSA) is 29.1 Å². The lowest BCUT2D eigenvalue weighted by Gasteiger charge is -2.17. The first-order valence-corrected chi connectivity index (χ1v) is 7.99. The average Bonchev–Trinajstić information content (AvgIpc) is 3.28. The quantitative estimate of drug-likeness (QED) is 0.895. The fourth-order valence-corrected chi connectivity index (χ4v) is 3.06. The maximum atomic E-state index is 12.6. The first-order chi connectivity index (χ1) is 10.5. The van der Waals surface area contributed by atoms with Gasteiger partial charge in [0.25, 0.3) is 0 Å². The predicted octanol–water partition coefficient (Wildman–Crippen LogP) is 4.30. The van der Waals surface area contributed by atoms with Crippen LogP contribution >= 0.6 is 11.6 Å². The van der Waals surface area contributed by atoms with Gasteiger partial charge in [-0.2, -0.15) is 0 Å². The van der Waals surface area contributed by atoms with E-state index in [1.807, 2.05) is 24.3 Å². The van der Waals surface area contributed by atoms with Crippen molar-refractivity contribution < 1.29 is 4.79 Å². The number of carbonyl (C=O) groups is 1. The summed E-state index contributed by atoms with van der Waals surface area (Å²) in [4.78, 5) is 12.6. The Labute approximate surface area is 136 Å². The normalized spacial score (nSPS) is 15.4. The Morgan fingerprint density at radius 2 is 1.82 bits per heavy atom. The SMILES string of the molecule is Cc1ccc(CNC(=O)C2(c3ccc(Cl)cc3)CC2)c(C)c1.